The normalized spacial score (nSPS) is 11.7. The van der Waals surface area contributed by atoms with Crippen molar-refractivity contribution in [1.82, 2.24) is 0 Å². The summed E-state index contributed by atoms with van der Waals surface area (Å²) < 4.78 is 33.3. The van der Waals surface area contributed by atoms with Crippen LogP contribution in [0.3, 0.4) is 0 Å². The molecule has 0 fully saturated rings. The molecule has 8 heteroatoms. The van der Waals surface area contributed by atoms with Crippen LogP contribution in [0, 0.1) is 13.8 Å². The molecule has 1 heterocycles. The molecule has 0 aliphatic heterocycles. The Morgan fingerprint density at radius 2 is 2.00 bits per heavy atom. The highest BCUT2D eigenvalue weighted by Gasteiger charge is 2.26. The summed E-state index contributed by atoms with van der Waals surface area (Å²) in [5.74, 6) is 0.616. The molecular formula is C13H13BrClNO4S. The van der Waals surface area contributed by atoms with Crippen LogP contribution in [-0.4, -0.2) is 13.5 Å². The van der Waals surface area contributed by atoms with Gasteiger partial charge in [-0.3, -0.25) is 4.72 Å². The third-order valence-electron chi connectivity index (χ3n) is 2.92. The van der Waals surface area contributed by atoms with E-state index >= 15 is 0 Å². The average Bonchev–Trinajstić information content (AvgIpc) is 2.68. The number of aliphatic hydroxyl groups is 1. The van der Waals surface area contributed by atoms with Crippen molar-refractivity contribution in [3.63, 3.8) is 0 Å². The zero-order valence-corrected chi connectivity index (χ0v) is 14.4. The van der Waals surface area contributed by atoms with E-state index in [1.165, 1.54) is 0 Å². The molecule has 0 aliphatic carbocycles. The first kappa shape index (κ1) is 16.4. The monoisotopic (exact) mass is 393 g/mol. The Morgan fingerprint density at radius 3 is 2.57 bits per heavy atom. The minimum absolute atomic E-state index is 0.0337. The Hall–Kier alpha value is -1.02. The fourth-order valence-corrected chi connectivity index (χ4v) is 4.00. The van der Waals surface area contributed by atoms with Crippen LogP contribution in [0.25, 0.3) is 0 Å². The summed E-state index contributed by atoms with van der Waals surface area (Å²) in [5.41, 5.74) is 0.612. The van der Waals surface area contributed by atoms with Crippen molar-refractivity contribution in [2.45, 2.75) is 25.3 Å². The molecule has 5 nitrogen and oxygen atoms in total. The van der Waals surface area contributed by atoms with E-state index in [0.29, 0.717) is 20.9 Å². The van der Waals surface area contributed by atoms with Crippen LogP contribution >= 0.6 is 27.5 Å². The smallest absolute Gasteiger partial charge is 0.265 e. The first-order valence-corrected chi connectivity index (χ1v) is 8.59. The molecule has 2 aromatic rings. The number of halogens is 2. The van der Waals surface area contributed by atoms with Gasteiger partial charge in [-0.2, -0.15) is 0 Å². The molecule has 2 rings (SSSR count). The number of nitrogens with one attached hydrogen (secondary N) is 1. The van der Waals surface area contributed by atoms with Gasteiger partial charge in [-0.05, 0) is 48.0 Å². The van der Waals surface area contributed by atoms with E-state index < -0.39 is 16.6 Å². The Bertz CT molecular complexity index is 786. The summed E-state index contributed by atoms with van der Waals surface area (Å²) >= 11 is 9.10. The SMILES string of the molecule is Cc1oc(C)c(S(=O)(=O)Nc2ccc(Cl)c(Br)c2)c1CO. The predicted molar refractivity (Wildman–Crippen MR) is 84.1 cm³/mol. The molecule has 114 valence electrons. The van der Waals surface area contributed by atoms with Crippen molar-refractivity contribution in [3.05, 3.63) is 44.8 Å². The Morgan fingerprint density at radius 1 is 1.33 bits per heavy atom. The van der Waals surface area contributed by atoms with Gasteiger partial charge in [-0.15, -0.1) is 0 Å². The van der Waals surface area contributed by atoms with E-state index in [4.69, 9.17) is 16.0 Å². The lowest BCUT2D eigenvalue weighted by Gasteiger charge is -2.09. The molecule has 0 spiro atoms. The molecule has 0 unspecified atom stereocenters. The van der Waals surface area contributed by atoms with Gasteiger partial charge >= 0.3 is 0 Å². The van der Waals surface area contributed by atoms with Gasteiger partial charge in [0.2, 0.25) is 0 Å². The Balaban J connectivity index is 2.45. The van der Waals surface area contributed by atoms with Gasteiger partial charge in [-0.25, -0.2) is 8.42 Å². The van der Waals surface area contributed by atoms with Crippen LogP contribution in [0.15, 0.2) is 32.0 Å². The second-order valence-corrected chi connectivity index (χ2v) is 7.30. The molecular weight excluding hydrogens is 382 g/mol. The van der Waals surface area contributed by atoms with Gasteiger partial charge in [0.25, 0.3) is 10.0 Å². The lowest BCUT2D eigenvalue weighted by molar-refractivity contribution is 0.276. The number of benzene rings is 1. The molecule has 0 aliphatic rings. The molecule has 0 amide bonds. The Kier molecular flexibility index (Phi) is 4.67. The van der Waals surface area contributed by atoms with Crippen LogP contribution in [0.2, 0.25) is 5.02 Å². The summed E-state index contributed by atoms with van der Waals surface area (Å²) in [6, 6.07) is 4.68. The van der Waals surface area contributed by atoms with Gasteiger partial charge < -0.3 is 9.52 Å². The highest BCUT2D eigenvalue weighted by molar-refractivity contribution is 9.10. The van der Waals surface area contributed by atoms with Gasteiger partial charge in [0.15, 0.2) is 0 Å². The number of sulfonamides is 1. The van der Waals surface area contributed by atoms with Gasteiger partial charge in [0.05, 0.1) is 17.3 Å². The van der Waals surface area contributed by atoms with Crippen molar-refractivity contribution in [2.75, 3.05) is 4.72 Å². The van der Waals surface area contributed by atoms with Gasteiger partial charge in [0.1, 0.15) is 16.4 Å². The van der Waals surface area contributed by atoms with E-state index in [2.05, 4.69) is 20.7 Å². The standard InChI is InChI=1S/C13H13BrClNO4S/c1-7-10(6-17)13(8(2)20-7)21(18,19)16-9-3-4-12(15)11(14)5-9/h3-5,16-17H,6H2,1-2H3. The highest BCUT2D eigenvalue weighted by atomic mass is 79.9. The minimum atomic E-state index is -3.86. The van der Waals surface area contributed by atoms with Gasteiger partial charge in [-0.1, -0.05) is 11.6 Å². The zero-order valence-electron chi connectivity index (χ0n) is 11.3. The molecule has 1 aromatic carbocycles. The average molecular weight is 395 g/mol. The van der Waals surface area contributed by atoms with Crippen molar-refractivity contribution >= 4 is 43.2 Å². The molecule has 1 aromatic heterocycles. The first-order valence-electron chi connectivity index (χ1n) is 5.94. The number of hydrogen-bond donors (Lipinski definition) is 2. The maximum atomic E-state index is 12.5. The second-order valence-electron chi connectivity index (χ2n) is 4.41. The number of anilines is 1. The van der Waals surface area contributed by atoms with Crippen molar-refractivity contribution in [1.29, 1.82) is 0 Å². The minimum Gasteiger partial charge on any atom is -0.465 e. The summed E-state index contributed by atoms with van der Waals surface area (Å²) in [6.45, 7) is 2.73. The number of aliphatic hydroxyl groups excluding tert-OH is 1. The molecule has 21 heavy (non-hydrogen) atoms. The highest BCUT2D eigenvalue weighted by Crippen LogP contribution is 2.30. The zero-order chi connectivity index (χ0) is 15.8. The van der Waals surface area contributed by atoms with E-state index in [1.54, 1.807) is 32.0 Å². The molecule has 0 bridgehead atoms. The number of aryl methyl sites for hydroxylation is 2. The van der Waals surface area contributed by atoms with Crippen molar-refractivity contribution < 1.29 is 17.9 Å². The van der Waals surface area contributed by atoms with Crippen LogP contribution < -0.4 is 4.72 Å². The van der Waals surface area contributed by atoms with E-state index in [1.807, 2.05) is 0 Å². The largest absolute Gasteiger partial charge is 0.465 e. The molecule has 0 radical (unpaired) electrons. The number of furan rings is 1. The molecule has 0 saturated carbocycles. The predicted octanol–water partition coefficient (Wildman–Crippen LogP) is 3.61. The van der Waals surface area contributed by atoms with Crippen LogP contribution in [0.4, 0.5) is 5.69 Å². The summed E-state index contributed by atoms with van der Waals surface area (Å²) in [7, 11) is -3.86. The van der Waals surface area contributed by atoms with Crippen LogP contribution in [0.5, 0.6) is 0 Å². The van der Waals surface area contributed by atoms with Crippen LogP contribution in [0.1, 0.15) is 17.1 Å². The van der Waals surface area contributed by atoms with Gasteiger partial charge in [0, 0.05) is 10.0 Å². The fraction of sp³-hybridized carbons (Fsp3) is 0.231. The topological polar surface area (TPSA) is 79.5 Å². The quantitative estimate of drug-likeness (QED) is 0.830. The number of hydrogen-bond acceptors (Lipinski definition) is 4. The second kappa shape index (κ2) is 6.00. The molecule has 0 saturated heterocycles. The van der Waals surface area contributed by atoms with E-state index in [9.17, 15) is 13.5 Å². The van der Waals surface area contributed by atoms with E-state index in [0.717, 1.165) is 0 Å². The first-order chi connectivity index (χ1) is 9.76. The Labute approximate surface area is 136 Å². The molecule has 0 atom stereocenters. The lowest BCUT2D eigenvalue weighted by Crippen LogP contribution is -2.15. The summed E-state index contributed by atoms with van der Waals surface area (Å²) in [5, 5.41) is 9.82. The summed E-state index contributed by atoms with van der Waals surface area (Å²) in [6.07, 6.45) is 0. The van der Waals surface area contributed by atoms with Crippen LogP contribution in [-0.2, 0) is 16.6 Å². The maximum Gasteiger partial charge on any atom is 0.265 e. The fourth-order valence-electron chi connectivity index (χ4n) is 2.01. The third kappa shape index (κ3) is 3.26. The number of rotatable bonds is 4. The maximum absolute atomic E-state index is 12.5. The summed E-state index contributed by atoms with van der Waals surface area (Å²) in [4.78, 5) is -0.0337. The van der Waals surface area contributed by atoms with Crippen molar-refractivity contribution in [3.8, 4) is 0 Å². The molecule has 2 N–H and O–H groups in total. The van der Waals surface area contributed by atoms with E-state index in [-0.39, 0.29) is 16.2 Å². The lowest BCUT2D eigenvalue weighted by atomic mass is 10.2. The van der Waals surface area contributed by atoms with Crippen molar-refractivity contribution in [2.24, 2.45) is 0 Å². The third-order valence-corrected chi connectivity index (χ3v) is 5.71.